The number of amides is 1. The first-order chi connectivity index (χ1) is 8.56. The van der Waals surface area contributed by atoms with Crippen molar-refractivity contribution in [2.45, 2.75) is 38.5 Å². The number of aryl methyl sites for hydroxylation is 1. The number of anilines is 2. The van der Waals surface area contributed by atoms with E-state index >= 15 is 0 Å². The van der Waals surface area contributed by atoms with Crippen molar-refractivity contribution in [3.8, 4) is 0 Å². The Morgan fingerprint density at radius 2 is 2.22 bits per heavy atom. The molecule has 1 fully saturated rings. The van der Waals surface area contributed by atoms with Crippen LogP contribution in [0.2, 0.25) is 0 Å². The zero-order valence-electron chi connectivity index (χ0n) is 11.1. The van der Waals surface area contributed by atoms with Crippen LogP contribution in [0, 0.1) is 6.92 Å². The van der Waals surface area contributed by atoms with Crippen LogP contribution < -0.4 is 10.6 Å². The number of carbonyl (C=O) groups is 1. The Kier molecular flexibility index (Phi) is 4.17. The minimum atomic E-state index is -0.0328. The van der Waals surface area contributed by atoms with E-state index in [2.05, 4.69) is 24.5 Å². The van der Waals surface area contributed by atoms with Crippen LogP contribution in [0.4, 0.5) is 11.4 Å². The summed E-state index contributed by atoms with van der Waals surface area (Å²) in [4.78, 5) is 11.1. The number of benzene rings is 1. The van der Waals surface area contributed by atoms with Crippen LogP contribution in [0.5, 0.6) is 0 Å². The molecule has 0 spiro atoms. The van der Waals surface area contributed by atoms with Crippen LogP contribution in [-0.4, -0.2) is 23.0 Å². The Labute approximate surface area is 113 Å². The number of nitrogens with one attached hydrogen (secondary N) is 2. The molecule has 0 aromatic heterocycles. The van der Waals surface area contributed by atoms with Crippen molar-refractivity contribution < 1.29 is 4.79 Å². The van der Waals surface area contributed by atoms with Gasteiger partial charge in [-0.05, 0) is 36.8 Å². The summed E-state index contributed by atoms with van der Waals surface area (Å²) in [5.41, 5.74) is 3.20. The molecule has 0 aliphatic carbocycles. The van der Waals surface area contributed by atoms with Gasteiger partial charge in [-0.2, -0.15) is 11.8 Å². The minimum Gasteiger partial charge on any atom is -0.381 e. The number of carbonyl (C=O) groups excluding carboxylic acids is 1. The van der Waals surface area contributed by atoms with Gasteiger partial charge in [0.2, 0.25) is 5.91 Å². The van der Waals surface area contributed by atoms with Gasteiger partial charge in [0.05, 0.1) is 0 Å². The lowest BCUT2D eigenvalue weighted by atomic mass is 10.1. The second kappa shape index (κ2) is 5.65. The fourth-order valence-electron chi connectivity index (χ4n) is 2.18. The summed E-state index contributed by atoms with van der Waals surface area (Å²) in [5, 5.41) is 7.07. The van der Waals surface area contributed by atoms with Crippen LogP contribution >= 0.6 is 11.8 Å². The molecule has 2 N–H and O–H groups in total. The highest BCUT2D eigenvalue weighted by molar-refractivity contribution is 8.00. The summed E-state index contributed by atoms with van der Waals surface area (Å²) >= 11 is 2.01. The van der Waals surface area contributed by atoms with Gasteiger partial charge in [0.25, 0.3) is 0 Å². The standard InChI is InChI=1S/C14H20N2OS/c1-9-4-5-12(15-11(3)17)8-14(9)16-13-6-7-18-10(13)2/h4-5,8,10,13,16H,6-7H2,1-3H3,(H,15,17). The fraction of sp³-hybridized carbons (Fsp3) is 0.500. The van der Waals surface area contributed by atoms with Gasteiger partial charge in [0.1, 0.15) is 0 Å². The summed E-state index contributed by atoms with van der Waals surface area (Å²) in [6.07, 6.45) is 1.20. The molecule has 2 unspecified atom stereocenters. The molecule has 1 aromatic carbocycles. The molecule has 2 atom stereocenters. The molecule has 1 heterocycles. The lowest BCUT2D eigenvalue weighted by molar-refractivity contribution is -0.114. The molecule has 0 saturated carbocycles. The molecule has 98 valence electrons. The van der Waals surface area contributed by atoms with E-state index in [1.807, 2.05) is 30.0 Å². The maximum absolute atomic E-state index is 11.1. The average Bonchev–Trinajstić information content (AvgIpc) is 2.69. The maximum Gasteiger partial charge on any atom is 0.221 e. The molecule has 2 rings (SSSR count). The van der Waals surface area contributed by atoms with Crippen molar-refractivity contribution in [2.24, 2.45) is 0 Å². The van der Waals surface area contributed by atoms with E-state index in [1.165, 1.54) is 24.7 Å². The van der Waals surface area contributed by atoms with Gasteiger partial charge >= 0.3 is 0 Å². The van der Waals surface area contributed by atoms with Gasteiger partial charge < -0.3 is 10.6 Å². The third-order valence-electron chi connectivity index (χ3n) is 3.28. The quantitative estimate of drug-likeness (QED) is 0.880. The van der Waals surface area contributed by atoms with Gasteiger partial charge in [-0.15, -0.1) is 0 Å². The van der Waals surface area contributed by atoms with E-state index in [-0.39, 0.29) is 5.91 Å². The van der Waals surface area contributed by atoms with Crippen molar-refractivity contribution in [1.29, 1.82) is 0 Å². The Morgan fingerprint density at radius 1 is 1.44 bits per heavy atom. The summed E-state index contributed by atoms with van der Waals surface area (Å²) in [5.74, 6) is 1.19. The van der Waals surface area contributed by atoms with Gasteiger partial charge in [0, 0.05) is 29.6 Å². The first-order valence-electron chi connectivity index (χ1n) is 6.32. The van der Waals surface area contributed by atoms with E-state index in [0.29, 0.717) is 11.3 Å². The third-order valence-corrected chi connectivity index (χ3v) is 4.60. The average molecular weight is 264 g/mol. The Hall–Kier alpha value is -1.16. The molecular weight excluding hydrogens is 244 g/mol. The Balaban J connectivity index is 2.13. The highest BCUT2D eigenvalue weighted by atomic mass is 32.2. The number of hydrogen-bond donors (Lipinski definition) is 2. The summed E-state index contributed by atoms with van der Waals surface area (Å²) in [6.45, 7) is 5.89. The number of hydrogen-bond acceptors (Lipinski definition) is 3. The first-order valence-corrected chi connectivity index (χ1v) is 7.37. The lowest BCUT2D eigenvalue weighted by Gasteiger charge is -2.20. The molecule has 0 radical (unpaired) electrons. The smallest absolute Gasteiger partial charge is 0.221 e. The van der Waals surface area contributed by atoms with Gasteiger partial charge in [-0.25, -0.2) is 0 Å². The predicted octanol–water partition coefficient (Wildman–Crippen LogP) is 3.26. The first kappa shape index (κ1) is 13.3. The molecule has 18 heavy (non-hydrogen) atoms. The van der Waals surface area contributed by atoms with Crippen LogP contribution in [0.15, 0.2) is 18.2 Å². The zero-order chi connectivity index (χ0) is 13.1. The monoisotopic (exact) mass is 264 g/mol. The van der Waals surface area contributed by atoms with Crippen molar-refractivity contribution in [1.82, 2.24) is 0 Å². The largest absolute Gasteiger partial charge is 0.381 e. The SMILES string of the molecule is CC(=O)Nc1ccc(C)c(NC2CCSC2C)c1. The van der Waals surface area contributed by atoms with Crippen LogP contribution in [-0.2, 0) is 4.79 Å². The fourth-order valence-corrected chi connectivity index (χ4v) is 3.38. The maximum atomic E-state index is 11.1. The summed E-state index contributed by atoms with van der Waals surface area (Å²) in [6, 6.07) is 6.53. The van der Waals surface area contributed by atoms with E-state index in [4.69, 9.17) is 0 Å². The predicted molar refractivity (Wildman–Crippen MR) is 79.4 cm³/mol. The third kappa shape index (κ3) is 3.19. The van der Waals surface area contributed by atoms with Crippen molar-refractivity contribution in [2.75, 3.05) is 16.4 Å². The number of rotatable bonds is 3. The van der Waals surface area contributed by atoms with Crippen LogP contribution in [0.3, 0.4) is 0 Å². The second-order valence-corrected chi connectivity index (χ2v) is 6.31. The Bertz CT molecular complexity index is 447. The van der Waals surface area contributed by atoms with E-state index in [1.54, 1.807) is 0 Å². The summed E-state index contributed by atoms with van der Waals surface area (Å²) < 4.78 is 0. The molecule has 4 heteroatoms. The molecule has 0 bridgehead atoms. The molecule has 1 amide bonds. The van der Waals surface area contributed by atoms with Crippen molar-refractivity contribution in [3.05, 3.63) is 23.8 Å². The molecule has 3 nitrogen and oxygen atoms in total. The van der Waals surface area contributed by atoms with Gasteiger partial charge in [-0.1, -0.05) is 13.0 Å². The highest BCUT2D eigenvalue weighted by Gasteiger charge is 2.24. The van der Waals surface area contributed by atoms with E-state index in [0.717, 1.165) is 11.4 Å². The van der Waals surface area contributed by atoms with Crippen LogP contribution in [0.25, 0.3) is 0 Å². The van der Waals surface area contributed by atoms with Crippen molar-refractivity contribution in [3.63, 3.8) is 0 Å². The van der Waals surface area contributed by atoms with Crippen molar-refractivity contribution >= 4 is 29.0 Å². The summed E-state index contributed by atoms with van der Waals surface area (Å²) in [7, 11) is 0. The van der Waals surface area contributed by atoms with Gasteiger partial charge in [-0.3, -0.25) is 4.79 Å². The molecular formula is C14H20N2OS. The zero-order valence-corrected chi connectivity index (χ0v) is 11.9. The second-order valence-electron chi connectivity index (χ2n) is 4.83. The number of thioether (sulfide) groups is 1. The Morgan fingerprint density at radius 3 is 2.83 bits per heavy atom. The topological polar surface area (TPSA) is 41.1 Å². The normalized spacial score (nSPS) is 22.8. The van der Waals surface area contributed by atoms with E-state index in [9.17, 15) is 4.79 Å². The molecule has 1 aliphatic heterocycles. The molecule has 1 aromatic rings. The molecule has 1 aliphatic rings. The van der Waals surface area contributed by atoms with Gasteiger partial charge in [0.15, 0.2) is 0 Å². The minimum absolute atomic E-state index is 0.0328. The highest BCUT2D eigenvalue weighted by Crippen LogP contribution is 2.30. The molecule has 1 saturated heterocycles. The lowest BCUT2D eigenvalue weighted by Crippen LogP contribution is -2.25. The van der Waals surface area contributed by atoms with Crippen LogP contribution in [0.1, 0.15) is 25.8 Å². The van der Waals surface area contributed by atoms with E-state index < -0.39 is 0 Å².